The van der Waals surface area contributed by atoms with Crippen LogP contribution < -0.4 is 0 Å². The van der Waals surface area contributed by atoms with Crippen molar-refractivity contribution in [3.63, 3.8) is 0 Å². The number of hydrogen-bond donors (Lipinski definition) is 0. The number of imidazole rings is 1. The molecule has 3 aliphatic rings. The number of carbonyl (C=O) groups excluding carboxylic acids is 2. The predicted octanol–water partition coefficient (Wildman–Crippen LogP) is 2.47. The van der Waals surface area contributed by atoms with E-state index in [1.807, 2.05) is 14.4 Å². The average molecular weight is 344 g/mol. The zero-order valence-corrected chi connectivity index (χ0v) is 15.0. The first kappa shape index (κ1) is 16.6. The Hall–Kier alpha value is -1.85. The monoisotopic (exact) mass is 344 g/mol. The lowest BCUT2D eigenvalue weighted by molar-refractivity contribution is 0.0743. The smallest absolute Gasteiger partial charge is 0.289 e. The Balaban J connectivity index is 1.65. The molecule has 4 heterocycles. The number of amides is 2. The van der Waals surface area contributed by atoms with Crippen molar-refractivity contribution in [1.29, 1.82) is 0 Å². The Bertz CT molecular complexity index is 653. The van der Waals surface area contributed by atoms with Gasteiger partial charge < -0.3 is 14.4 Å². The molecule has 3 aliphatic heterocycles. The van der Waals surface area contributed by atoms with Gasteiger partial charge in [-0.2, -0.15) is 0 Å². The molecule has 1 aromatic heterocycles. The van der Waals surface area contributed by atoms with E-state index in [0.29, 0.717) is 11.5 Å². The second-order valence-electron chi connectivity index (χ2n) is 7.55. The molecule has 0 aromatic carbocycles. The van der Waals surface area contributed by atoms with Gasteiger partial charge >= 0.3 is 0 Å². The van der Waals surface area contributed by atoms with E-state index in [9.17, 15) is 9.59 Å². The summed E-state index contributed by atoms with van der Waals surface area (Å²) in [4.78, 5) is 34.5. The summed E-state index contributed by atoms with van der Waals surface area (Å²) >= 11 is 0. The zero-order chi connectivity index (χ0) is 17.2. The van der Waals surface area contributed by atoms with Crippen molar-refractivity contribution in [2.24, 2.45) is 0 Å². The first-order valence-corrected chi connectivity index (χ1v) is 9.93. The molecule has 6 heteroatoms. The molecule has 4 rings (SSSR count). The summed E-state index contributed by atoms with van der Waals surface area (Å²) in [5.74, 6) is 0.544. The standard InChI is InChI=1S/C19H28N4O2/c24-18(21-12-7-8-13-21)16-15-9-3-6-14-23(15)17(20-16)19(25)22-10-4-1-2-5-11-22/h1-14H2. The van der Waals surface area contributed by atoms with Crippen LogP contribution in [0.3, 0.4) is 0 Å². The van der Waals surface area contributed by atoms with Crippen LogP contribution in [-0.4, -0.2) is 57.3 Å². The number of nitrogens with zero attached hydrogens (tertiary/aromatic N) is 4. The molecule has 6 nitrogen and oxygen atoms in total. The highest BCUT2D eigenvalue weighted by atomic mass is 16.2. The van der Waals surface area contributed by atoms with Crippen molar-refractivity contribution >= 4 is 11.8 Å². The van der Waals surface area contributed by atoms with Crippen molar-refractivity contribution in [1.82, 2.24) is 19.4 Å². The quantitative estimate of drug-likeness (QED) is 0.828. The van der Waals surface area contributed by atoms with Gasteiger partial charge in [0, 0.05) is 32.7 Å². The number of likely N-dealkylation sites (tertiary alicyclic amines) is 2. The minimum atomic E-state index is 0.0190. The predicted molar refractivity (Wildman–Crippen MR) is 94.7 cm³/mol. The fourth-order valence-corrected chi connectivity index (χ4v) is 4.36. The summed E-state index contributed by atoms with van der Waals surface area (Å²) in [5, 5.41) is 0. The van der Waals surface area contributed by atoms with E-state index in [0.717, 1.165) is 83.4 Å². The van der Waals surface area contributed by atoms with Gasteiger partial charge in [0.1, 0.15) is 5.69 Å². The van der Waals surface area contributed by atoms with E-state index >= 15 is 0 Å². The van der Waals surface area contributed by atoms with E-state index in [2.05, 4.69) is 4.98 Å². The van der Waals surface area contributed by atoms with E-state index in [1.165, 1.54) is 12.8 Å². The van der Waals surface area contributed by atoms with Gasteiger partial charge in [-0.3, -0.25) is 9.59 Å². The fraction of sp³-hybridized carbons (Fsp3) is 0.737. The zero-order valence-electron chi connectivity index (χ0n) is 15.0. The molecule has 0 unspecified atom stereocenters. The number of rotatable bonds is 2. The van der Waals surface area contributed by atoms with Crippen molar-refractivity contribution in [3.8, 4) is 0 Å². The molecule has 136 valence electrons. The lowest BCUT2D eigenvalue weighted by Crippen LogP contribution is -2.34. The molecular weight excluding hydrogens is 316 g/mol. The molecule has 1 aromatic rings. The lowest BCUT2D eigenvalue weighted by atomic mass is 10.1. The van der Waals surface area contributed by atoms with Crippen LogP contribution in [0.4, 0.5) is 0 Å². The van der Waals surface area contributed by atoms with E-state index < -0.39 is 0 Å². The molecule has 0 aliphatic carbocycles. The maximum Gasteiger partial charge on any atom is 0.289 e. The molecule has 0 radical (unpaired) electrons. The number of carbonyl (C=O) groups is 2. The summed E-state index contributed by atoms with van der Waals surface area (Å²) in [5.41, 5.74) is 1.53. The molecular formula is C19H28N4O2. The van der Waals surface area contributed by atoms with Gasteiger partial charge in [0.25, 0.3) is 11.8 Å². The third-order valence-electron chi connectivity index (χ3n) is 5.80. The molecule has 0 spiro atoms. The highest BCUT2D eigenvalue weighted by Gasteiger charge is 2.32. The highest BCUT2D eigenvalue weighted by Crippen LogP contribution is 2.25. The maximum absolute atomic E-state index is 13.1. The van der Waals surface area contributed by atoms with Gasteiger partial charge in [0.15, 0.2) is 5.82 Å². The van der Waals surface area contributed by atoms with E-state index in [1.54, 1.807) is 0 Å². The van der Waals surface area contributed by atoms with Gasteiger partial charge in [-0.25, -0.2) is 4.98 Å². The molecule has 0 saturated carbocycles. The summed E-state index contributed by atoms with van der Waals surface area (Å²) < 4.78 is 2.04. The van der Waals surface area contributed by atoms with Crippen LogP contribution in [-0.2, 0) is 13.0 Å². The molecule has 25 heavy (non-hydrogen) atoms. The maximum atomic E-state index is 13.1. The summed E-state index contributed by atoms with van der Waals surface area (Å²) in [7, 11) is 0. The van der Waals surface area contributed by atoms with Gasteiger partial charge in [0.2, 0.25) is 0 Å². The summed E-state index contributed by atoms with van der Waals surface area (Å²) in [6.07, 6.45) is 9.66. The van der Waals surface area contributed by atoms with Gasteiger partial charge in [-0.05, 0) is 44.9 Å². The fourth-order valence-electron chi connectivity index (χ4n) is 4.36. The van der Waals surface area contributed by atoms with Crippen molar-refractivity contribution in [2.45, 2.75) is 64.3 Å². The normalized spacial score (nSPS) is 21.1. The van der Waals surface area contributed by atoms with Crippen LogP contribution >= 0.6 is 0 Å². The molecule has 0 bridgehead atoms. The van der Waals surface area contributed by atoms with E-state index in [-0.39, 0.29) is 11.8 Å². The minimum absolute atomic E-state index is 0.0190. The summed E-state index contributed by atoms with van der Waals surface area (Å²) in [6.45, 7) is 4.08. The number of hydrogen-bond acceptors (Lipinski definition) is 3. The van der Waals surface area contributed by atoms with E-state index in [4.69, 9.17) is 0 Å². The Kier molecular flexibility index (Phi) is 4.77. The van der Waals surface area contributed by atoms with Crippen LogP contribution in [0.1, 0.15) is 78.2 Å². The number of fused-ring (bicyclic) bond motifs is 1. The first-order valence-electron chi connectivity index (χ1n) is 9.93. The number of aromatic nitrogens is 2. The first-order chi connectivity index (χ1) is 12.3. The van der Waals surface area contributed by atoms with Gasteiger partial charge in [-0.15, -0.1) is 0 Å². The largest absolute Gasteiger partial charge is 0.337 e. The van der Waals surface area contributed by atoms with Crippen LogP contribution in [0, 0.1) is 0 Å². The van der Waals surface area contributed by atoms with Gasteiger partial charge in [0.05, 0.1) is 5.69 Å². The molecule has 2 fully saturated rings. The van der Waals surface area contributed by atoms with Crippen LogP contribution in [0.2, 0.25) is 0 Å². The van der Waals surface area contributed by atoms with Gasteiger partial charge in [-0.1, -0.05) is 12.8 Å². The van der Waals surface area contributed by atoms with Crippen LogP contribution in [0.5, 0.6) is 0 Å². The average Bonchev–Trinajstić information content (AvgIpc) is 3.22. The molecule has 0 N–H and O–H groups in total. The van der Waals surface area contributed by atoms with Crippen LogP contribution in [0.25, 0.3) is 0 Å². The Morgan fingerprint density at radius 3 is 1.92 bits per heavy atom. The minimum Gasteiger partial charge on any atom is -0.337 e. The topological polar surface area (TPSA) is 58.4 Å². The highest BCUT2D eigenvalue weighted by molar-refractivity contribution is 5.97. The molecule has 2 saturated heterocycles. The Morgan fingerprint density at radius 1 is 0.680 bits per heavy atom. The summed E-state index contributed by atoms with van der Waals surface area (Å²) in [6, 6.07) is 0. The van der Waals surface area contributed by atoms with Crippen molar-refractivity contribution in [2.75, 3.05) is 26.2 Å². The van der Waals surface area contributed by atoms with Crippen molar-refractivity contribution in [3.05, 3.63) is 17.2 Å². The third kappa shape index (κ3) is 3.18. The van der Waals surface area contributed by atoms with Crippen molar-refractivity contribution < 1.29 is 9.59 Å². The molecule has 2 amide bonds. The second kappa shape index (κ2) is 7.18. The Labute approximate surface area is 149 Å². The molecule has 0 atom stereocenters. The Morgan fingerprint density at radius 2 is 1.24 bits per heavy atom. The third-order valence-corrected chi connectivity index (χ3v) is 5.80. The second-order valence-corrected chi connectivity index (χ2v) is 7.55. The van der Waals surface area contributed by atoms with Crippen LogP contribution in [0.15, 0.2) is 0 Å². The SMILES string of the molecule is O=C(c1nc(C(=O)N2CCCCCC2)n2c1CCCC2)N1CCCC1. The lowest BCUT2D eigenvalue weighted by Gasteiger charge is -2.22.